The lowest BCUT2D eigenvalue weighted by Gasteiger charge is -2.22. The monoisotopic (exact) mass is 532 g/mol. The van der Waals surface area contributed by atoms with Crippen molar-refractivity contribution in [1.29, 1.82) is 5.26 Å². The number of hydrogen-bond donors (Lipinski definition) is 3. The van der Waals surface area contributed by atoms with Crippen LogP contribution in [-0.2, 0) is 0 Å². The van der Waals surface area contributed by atoms with Crippen molar-refractivity contribution in [3.05, 3.63) is 74.3 Å². The van der Waals surface area contributed by atoms with Gasteiger partial charge in [0.05, 0.1) is 27.7 Å². The highest BCUT2D eigenvalue weighted by molar-refractivity contribution is 6.35. The van der Waals surface area contributed by atoms with Crippen LogP contribution in [0.4, 0.5) is 35.1 Å². The van der Waals surface area contributed by atoms with Gasteiger partial charge in [0.15, 0.2) is 5.82 Å². The minimum atomic E-state index is -3.09. The van der Waals surface area contributed by atoms with E-state index in [2.05, 4.69) is 20.3 Å². The standard InChI is InChI=1S/C23H17ClF4N8O/c1-9(32-20-13(8-29)19(30)34-23(31)35-20)21-33-15-4-2-3-14(24)16(15)22(37)36(21)12-6-10(17(25)26)5-11(7-12)18(27)28/h2-7,9,17-18H,1H3,(H5,30,31,32,34,35). The van der Waals surface area contributed by atoms with Crippen molar-refractivity contribution in [2.45, 2.75) is 25.8 Å². The molecule has 2 aromatic heterocycles. The van der Waals surface area contributed by atoms with E-state index in [0.717, 1.165) is 16.7 Å². The number of aromatic nitrogens is 4. The Hall–Kier alpha value is -4.44. The molecule has 1 atom stereocenters. The lowest BCUT2D eigenvalue weighted by Crippen LogP contribution is -2.28. The van der Waals surface area contributed by atoms with Crippen molar-refractivity contribution in [2.75, 3.05) is 16.8 Å². The highest BCUT2D eigenvalue weighted by atomic mass is 35.5. The average Bonchev–Trinajstić information content (AvgIpc) is 2.83. The number of hydrogen-bond acceptors (Lipinski definition) is 8. The zero-order valence-corrected chi connectivity index (χ0v) is 19.6. The van der Waals surface area contributed by atoms with Gasteiger partial charge < -0.3 is 16.8 Å². The quantitative estimate of drug-likeness (QED) is 0.296. The van der Waals surface area contributed by atoms with Crippen LogP contribution in [0.25, 0.3) is 16.6 Å². The van der Waals surface area contributed by atoms with Gasteiger partial charge in [-0.15, -0.1) is 0 Å². The first kappa shape index (κ1) is 25.6. The van der Waals surface area contributed by atoms with Gasteiger partial charge >= 0.3 is 0 Å². The van der Waals surface area contributed by atoms with Gasteiger partial charge in [0, 0.05) is 11.1 Å². The molecule has 9 nitrogen and oxygen atoms in total. The molecule has 37 heavy (non-hydrogen) atoms. The molecule has 14 heteroatoms. The van der Waals surface area contributed by atoms with Crippen LogP contribution in [0.3, 0.4) is 0 Å². The average molecular weight is 533 g/mol. The van der Waals surface area contributed by atoms with Crippen LogP contribution in [0.15, 0.2) is 41.2 Å². The highest BCUT2D eigenvalue weighted by Gasteiger charge is 2.24. The first-order chi connectivity index (χ1) is 17.5. The Morgan fingerprint density at radius 2 is 1.70 bits per heavy atom. The first-order valence-corrected chi connectivity index (χ1v) is 10.9. The van der Waals surface area contributed by atoms with Crippen LogP contribution in [0.5, 0.6) is 0 Å². The number of anilines is 3. The maximum Gasteiger partial charge on any atom is 0.267 e. The number of alkyl halides is 4. The number of nitrogens with two attached hydrogens (primary N) is 2. The summed E-state index contributed by atoms with van der Waals surface area (Å²) in [4.78, 5) is 25.8. The second-order valence-electron chi connectivity index (χ2n) is 7.87. The number of benzene rings is 2. The van der Waals surface area contributed by atoms with Crippen LogP contribution >= 0.6 is 11.6 Å². The minimum Gasteiger partial charge on any atom is -0.382 e. The fourth-order valence-corrected chi connectivity index (χ4v) is 4.02. The largest absolute Gasteiger partial charge is 0.382 e. The van der Waals surface area contributed by atoms with Gasteiger partial charge in [0.1, 0.15) is 23.3 Å². The van der Waals surface area contributed by atoms with Gasteiger partial charge in [-0.25, -0.2) is 22.5 Å². The maximum atomic E-state index is 13.6. The highest BCUT2D eigenvalue weighted by Crippen LogP contribution is 2.31. The summed E-state index contributed by atoms with van der Waals surface area (Å²) < 4.78 is 55.2. The SMILES string of the molecule is CC(Nc1nc(N)nc(N)c1C#N)c1nc2cccc(Cl)c2c(=O)n1-c1cc(C(F)F)cc(C(F)F)c1. The fourth-order valence-electron chi connectivity index (χ4n) is 3.77. The molecule has 0 amide bonds. The molecule has 5 N–H and O–H groups in total. The second kappa shape index (κ2) is 9.90. The van der Waals surface area contributed by atoms with E-state index < -0.39 is 35.6 Å². The third-order valence-corrected chi connectivity index (χ3v) is 5.72. The predicted octanol–water partition coefficient (Wildman–Crippen LogP) is 4.91. The molecule has 190 valence electrons. The Morgan fingerprint density at radius 3 is 2.30 bits per heavy atom. The summed E-state index contributed by atoms with van der Waals surface area (Å²) >= 11 is 6.23. The molecular formula is C23H17ClF4N8O. The van der Waals surface area contributed by atoms with E-state index in [1.807, 2.05) is 6.07 Å². The molecule has 1 unspecified atom stereocenters. The molecule has 0 radical (unpaired) electrons. The summed E-state index contributed by atoms with van der Waals surface area (Å²) in [6.07, 6.45) is -6.18. The molecule has 0 aliphatic rings. The molecule has 4 aromatic rings. The van der Waals surface area contributed by atoms with Crippen molar-refractivity contribution in [3.63, 3.8) is 0 Å². The molecule has 0 fully saturated rings. The van der Waals surface area contributed by atoms with Crippen molar-refractivity contribution in [1.82, 2.24) is 19.5 Å². The molecule has 0 bridgehead atoms. The Kier molecular flexibility index (Phi) is 6.86. The van der Waals surface area contributed by atoms with Gasteiger partial charge in [-0.2, -0.15) is 15.2 Å². The molecule has 0 saturated heterocycles. The van der Waals surface area contributed by atoms with Gasteiger partial charge in [-0.3, -0.25) is 9.36 Å². The number of nitriles is 1. The Morgan fingerprint density at radius 1 is 1.05 bits per heavy atom. The van der Waals surface area contributed by atoms with E-state index >= 15 is 0 Å². The summed E-state index contributed by atoms with van der Waals surface area (Å²) in [5, 5.41) is 12.3. The number of rotatable bonds is 6. The topological polar surface area (TPSA) is 149 Å². The van der Waals surface area contributed by atoms with Crippen molar-refractivity contribution in [3.8, 4) is 11.8 Å². The predicted molar refractivity (Wildman–Crippen MR) is 130 cm³/mol. The van der Waals surface area contributed by atoms with Crippen LogP contribution in [0, 0.1) is 11.3 Å². The maximum absolute atomic E-state index is 13.6. The van der Waals surface area contributed by atoms with E-state index in [-0.39, 0.29) is 50.6 Å². The van der Waals surface area contributed by atoms with E-state index in [1.165, 1.54) is 19.1 Å². The Balaban J connectivity index is 2.01. The molecule has 0 aliphatic carbocycles. The molecule has 0 spiro atoms. The molecule has 0 saturated carbocycles. The molecule has 2 aromatic carbocycles. The number of fused-ring (bicyclic) bond motifs is 1. The number of nitrogen functional groups attached to an aromatic ring is 2. The number of nitrogens with one attached hydrogen (secondary N) is 1. The normalized spacial score (nSPS) is 12.2. The van der Waals surface area contributed by atoms with Crippen LogP contribution in [0.2, 0.25) is 5.02 Å². The number of nitrogens with zero attached hydrogens (tertiary/aromatic N) is 5. The van der Waals surface area contributed by atoms with Gasteiger partial charge in [-0.1, -0.05) is 17.7 Å². The zero-order valence-electron chi connectivity index (χ0n) is 18.9. The minimum absolute atomic E-state index is 0.0260. The third kappa shape index (κ3) is 4.83. The first-order valence-electron chi connectivity index (χ1n) is 10.5. The van der Waals surface area contributed by atoms with E-state index in [1.54, 1.807) is 6.07 Å². The van der Waals surface area contributed by atoms with Crippen LogP contribution in [-0.4, -0.2) is 19.5 Å². The van der Waals surface area contributed by atoms with E-state index in [4.69, 9.17) is 23.1 Å². The Bertz CT molecular complexity index is 1590. The summed E-state index contributed by atoms with van der Waals surface area (Å²) in [5.41, 5.74) is 8.93. The van der Waals surface area contributed by atoms with E-state index in [0.29, 0.717) is 6.07 Å². The lowest BCUT2D eigenvalue weighted by atomic mass is 10.1. The van der Waals surface area contributed by atoms with Crippen molar-refractivity contribution < 1.29 is 17.6 Å². The van der Waals surface area contributed by atoms with Crippen LogP contribution < -0.4 is 22.3 Å². The van der Waals surface area contributed by atoms with Gasteiger partial charge in [0.25, 0.3) is 18.4 Å². The second-order valence-corrected chi connectivity index (χ2v) is 8.28. The van der Waals surface area contributed by atoms with Crippen molar-refractivity contribution in [2.24, 2.45) is 0 Å². The molecule has 2 heterocycles. The van der Waals surface area contributed by atoms with Gasteiger partial charge in [-0.05, 0) is 37.3 Å². The van der Waals surface area contributed by atoms with Crippen LogP contribution in [0.1, 0.15) is 48.3 Å². The third-order valence-electron chi connectivity index (χ3n) is 5.40. The zero-order chi connectivity index (χ0) is 27.0. The van der Waals surface area contributed by atoms with Crippen molar-refractivity contribution >= 4 is 40.1 Å². The number of halogens is 5. The molecule has 4 rings (SSSR count). The van der Waals surface area contributed by atoms with Gasteiger partial charge in [0.2, 0.25) is 5.95 Å². The lowest BCUT2D eigenvalue weighted by molar-refractivity contribution is 0.144. The smallest absolute Gasteiger partial charge is 0.267 e. The molecular weight excluding hydrogens is 516 g/mol. The summed E-state index contributed by atoms with van der Waals surface area (Å²) in [7, 11) is 0. The Labute approximate surface area is 211 Å². The summed E-state index contributed by atoms with van der Waals surface area (Å²) in [6, 6.07) is 7.87. The molecule has 0 aliphatic heterocycles. The summed E-state index contributed by atoms with van der Waals surface area (Å²) in [6.45, 7) is 1.52. The summed E-state index contributed by atoms with van der Waals surface area (Å²) in [5.74, 6) is -0.604. The fraction of sp³-hybridized carbons (Fsp3) is 0.174. The van der Waals surface area contributed by atoms with E-state index in [9.17, 15) is 27.6 Å².